The molecule has 1 aromatic carbocycles. The van der Waals surface area contributed by atoms with Crippen molar-refractivity contribution < 1.29 is 10.2 Å². The molecule has 156 valence electrons. The number of allylic oxidation sites excluding steroid dienone is 2. The standard InChI is InChI=1S/C22H30N4O3/c1-5-6-8-17(20(28)13-15(4)27)21-23-24-22(29)26(21)19-10-7-9-18-16(19)11-12-25(18)14(2)3/h7-10,13-15,27-28H,5-6,11-12H2,1-4H3,(H,24,29)/b17-8+,20-13+. The van der Waals surface area contributed by atoms with Crippen LogP contribution >= 0.6 is 0 Å². The number of nitrogens with one attached hydrogen (secondary N) is 1. The van der Waals surface area contributed by atoms with Crippen LogP contribution in [0, 0.1) is 0 Å². The molecule has 1 aliphatic heterocycles. The molecular weight excluding hydrogens is 368 g/mol. The molecule has 1 aromatic heterocycles. The average molecular weight is 399 g/mol. The van der Waals surface area contributed by atoms with E-state index in [2.05, 4.69) is 35.0 Å². The second kappa shape index (κ2) is 8.69. The summed E-state index contributed by atoms with van der Waals surface area (Å²) in [6.45, 7) is 8.81. The summed E-state index contributed by atoms with van der Waals surface area (Å²) in [4.78, 5) is 15.1. The first-order chi connectivity index (χ1) is 13.8. The summed E-state index contributed by atoms with van der Waals surface area (Å²) in [5, 5.41) is 27.0. The maximum Gasteiger partial charge on any atom is 0.348 e. The van der Waals surface area contributed by atoms with Crippen LogP contribution in [0.15, 0.2) is 40.9 Å². The summed E-state index contributed by atoms with van der Waals surface area (Å²) in [6, 6.07) is 6.30. The SMILES string of the molecule is CCC/C=C(\C(O)=C/C(C)O)c1n[nH]c(=O)n1-c1cccc2c1CCN2C(C)C. The van der Waals surface area contributed by atoms with Crippen molar-refractivity contribution in [2.45, 2.75) is 59.1 Å². The summed E-state index contributed by atoms with van der Waals surface area (Å²) >= 11 is 0. The number of hydrogen-bond donors (Lipinski definition) is 3. The van der Waals surface area contributed by atoms with E-state index in [4.69, 9.17) is 0 Å². The number of hydrogen-bond acceptors (Lipinski definition) is 5. The Balaban J connectivity index is 2.18. The number of aliphatic hydroxyl groups excluding tert-OH is 2. The molecule has 7 heteroatoms. The molecule has 0 saturated heterocycles. The molecule has 0 fully saturated rings. The Kier molecular flexibility index (Phi) is 6.27. The molecule has 0 bridgehead atoms. The molecule has 1 aliphatic rings. The zero-order valence-corrected chi connectivity index (χ0v) is 17.5. The molecule has 3 rings (SSSR count). The van der Waals surface area contributed by atoms with Crippen LogP contribution in [0.3, 0.4) is 0 Å². The van der Waals surface area contributed by atoms with Gasteiger partial charge in [0, 0.05) is 23.8 Å². The van der Waals surface area contributed by atoms with Crippen molar-refractivity contribution in [3.05, 3.63) is 58.0 Å². The monoisotopic (exact) mass is 398 g/mol. The van der Waals surface area contributed by atoms with Crippen LogP contribution < -0.4 is 10.6 Å². The van der Waals surface area contributed by atoms with Gasteiger partial charge >= 0.3 is 5.69 Å². The number of aromatic amines is 1. The van der Waals surface area contributed by atoms with Gasteiger partial charge in [0.05, 0.1) is 17.4 Å². The molecule has 0 radical (unpaired) electrons. The first-order valence-electron chi connectivity index (χ1n) is 10.2. The zero-order valence-electron chi connectivity index (χ0n) is 17.5. The van der Waals surface area contributed by atoms with Crippen LogP contribution in [0.5, 0.6) is 0 Å². The van der Waals surface area contributed by atoms with Crippen molar-refractivity contribution in [2.24, 2.45) is 0 Å². The van der Waals surface area contributed by atoms with Crippen molar-refractivity contribution in [1.29, 1.82) is 0 Å². The summed E-state index contributed by atoms with van der Waals surface area (Å²) in [6.07, 6.45) is 4.81. The number of H-pyrrole nitrogens is 1. The molecule has 7 nitrogen and oxygen atoms in total. The van der Waals surface area contributed by atoms with Crippen LogP contribution in [0.2, 0.25) is 0 Å². The fourth-order valence-electron chi connectivity index (χ4n) is 3.81. The van der Waals surface area contributed by atoms with E-state index >= 15 is 0 Å². The van der Waals surface area contributed by atoms with Crippen molar-refractivity contribution in [3.8, 4) is 5.69 Å². The fourth-order valence-corrected chi connectivity index (χ4v) is 3.81. The number of aromatic nitrogens is 3. The third-order valence-corrected chi connectivity index (χ3v) is 5.13. The quantitative estimate of drug-likeness (QED) is 0.491. The van der Waals surface area contributed by atoms with Crippen molar-refractivity contribution >= 4 is 11.3 Å². The van der Waals surface area contributed by atoms with E-state index < -0.39 is 6.10 Å². The van der Waals surface area contributed by atoms with E-state index in [0.29, 0.717) is 23.9 Å². The minimum atomic E-state index is -0.820. The molecule has 0 aliphatic carbocycles. The van der Waals surface area contributed by atoms with Gasteiger partial charge in [-0.25, -0.2) is 14.5 Å². The first-order valence-corrected chi connectivity index (χ1v) is 10.2. The number of unbranched alkanes of at least 4 members (excludes halogenated alkanes) is 1. The number of aliphatic hydroxyl groups is 2. The van der Waals surface area contributed by atoms with E-state index in [-0.39, 0.29) is 11.4 Å². The third kappa shape index (κ3) is 4.15. The van der Waals surface area contributed by atoms with Crippen molar-refractivity contribution in [3.63, 3.8) is 0 Å². The Morgan fingerprint density at radius 1 is 1.31 bits per heavy atom. The number of fused-ring (bicyclic) bond motifs is 1. The molecule has 0 saturated carbocycles. The van der Waals surface area contributed by atoms with Gasteiger partial charge in [-0.05, 0) is 51.8 Å². The van der Waals surface area contributed by atoms with Crippen LogP contribution in [-0.2, 0) is 6.42 Å². The molecule has 2 heterocycles. The van der Waals surface area contributed by atoms with E-state index in [1.54, 1.807) is 6.92 Å². The minimum absolute atomic E-state index is 0.0925. The highest BCUT2D eigenvalue weighted by molar-refractivity contribution is 5.75. The van der Waals surface area contributed by atoms with Crippen LogP contribution in [0.4, 0.5) is 5.69 Å². The Hall–Kier alpha value is -2.80. The number of anilines is 1. The highest BCUT2D eigenvalue weighted by atomic mass is 16.3. The molecule has 29 heavy (non-hydrogen) atoms. The van der Waals surface area contributed by atoms with Gasteiger partial charge < -0.3 is 15.1 Å². The van der Waals surface area contributed by atoms with Crippen LogP contribution in [-0.4, -0.2) is 43.7 Å². The third-order valence-electron chi connectivity index (χ3n) is 5.13. The smallest absolute Gasteiger partial charge is 0.348 e. The largest absolute Gasteiger partial charge is 0.507 e. The Labute approximate surface area is 171 Å². The van der Waals surface area contributed by atoms with E-state index in [9.17, 15) is 15.0 Å². The Morgan fingerprint density at radius 3 is 2.69 bits per heavy atom. The van der Waals surface area contributed by atoms with Gasteiger partial charge in [-0.3, -0.25) is 0 Å². The summed E-state index contributed by atoms with van der Waals surface area (Å²) in [5.41, 5.74) is 3.07. The minimum Gasteiger partial charge on any atom is -0.507 e. The summed E-state index contributed by atoms with van der Waals surface area (Å²) < 4.78 is 1.52. The van der Waals surface area contributed by atoms with Crippen LogP contribution in [0.25, 0.3) is 11.3 Å². The van der Waals surface area contributed by atoms with Gasteiger partial charge in [0.1, 0.15) is 5.76 Å². The summed E-state index contributed by atoms with van der Waals surface area (Å²) in [5.74, 6) is 0.249. The molecule has 2 aromatic rings. The second-order valence-corrected chi connectivity index (χ2v) is 7.70. The molecule has 1 atom stereocenters. The lowest BCUT2D eigenvalue weighted by atomic mass is 10.1. The van der Waals surface area contributed by atoms with Gasteiger partial charge in [-0.1, -0.05) is 25.5 Å². The van der Waals surface area contributed by atoms with Gasteiger partial charge in [-0.15, -0.1) is 0 Å². The molecule has 3 N–H and O–H groups in total. The predicted molar refractivity (Wildman–Crippen MR) is 116 cm³/mol. The van der Waals surface area contributed by atoms with E-state index in [1.807, 2.05) is 25.1 Å². The van der Waals surface area contributed by atoms with Crippen LogP contribution in [0.1, 0.15) is 51.9 Å². The summed E-state index contributed by atoms with van der Waals surface area (Å²) in [7, 11) is 0. The van der Waals surface area contributed by atoms with Gasteiger partial charge in [-0.2, -0.15) is 5.10 Å². The first kappa shape index (κ1) is 20.9. The fraction of sp³-hybridized carbons (Fsp3) is 0.455. The highest BCUT2D eigenvalue weighted by Gasteiger charge is 2.27. The van der Waals surface area contributed by atoms with E-state index in [1.165, 1.54) is 10.6 Å². The van der Waals surface area contributed by atoms with Crippen molar-refractivity contribution in [1.82, 2.24) is 14.8 Å². The molecular formula is C22H30N4O3. The lowest BCUT2D eigenvalue weighted by Gasteiger charge is -2.24. The second-order valence-electron chi connectivity index (χ2n) is 7.70. The topological polar surface area (TPSA) is 94.4 Å². The van der Waals surface area contributed by atoms with Gasteiger partial charge in [0.15, 0.2) is 5.82 Å². The highest BCUT2D eigenvalue weighted by Crippen LogP contribution is 2.34. The zero-order chi connectivity index (χ0) is 21.1. The average Bonchev–Trinajstić information content (AvgIpc) is 3.25. The maximum absolute atomic E-state index is 12.7. The normalized spacial score (nSPS) is 15.9. The predicted octanol–water partition coefficient (Wildman–Crippen LogP) is 3.34. The number of rotatable bonds is 7. The Morgan fingerprint density at radius 2 is 2.03 bits per heavy atom. The van der Waals surface area contributed by atoms with Gasteiger partial charge in [0.2, 0.25) is 0 Å². The maximum atomic E-state index is 12.7. The lowest BCUT2D eigenvalue weighted by molar-refractivity contribution is 0.238. The molecule has 0 spiro atoms. The number of nitrogens with zero attached hydrogens (tertiary/aromatic N) is 3. The number of benzene rings is 1. The van der Waals surface area contributed by atoms with Gasteiger partial charge in [0.25, 0.3) is 0 Å². The van der Waals surface area contributed by atoms with E-state index in [0.717, 1.165) is 36.3 Å². The molecule has 1 unspecified atom stereocenters. The Bertz CT molecular complexity index is 982. The van der Waals surface area contributed by atoms with Crippen molar-refractivity contribution in [2.75, 3.05) is 11.4 Å². The lowest BCUT2D eigenvalue weighted by Crippen LogP contribution is -2.28. The molecule has 0 amide bonds.